The Kier molecular flexibility index (Phi) is 3.57. The van der Waals surface area contributed by atoms with E-state index in [1.165, 1.54) is 6.33 Å². The van der Waals surface area contributed by atoms with Gasteiger partial charge in [-0.3, -0.25) is 0 Å². The molecule has 1 aliphatic rings. The maximum absolute atomic E-state index is 13.2. The highest BCUT2D eigenvalue weighted by molar-refractivity contribution is 5.75. The highest BCUT2D eigenvalue weighted by atomic mass is 19.1. The zero-order chi connectivity index (χ0) is 14.8. The van der Waals surface area contributed by atoms with Crippen LogP contribution < -0.4 is 4.68 Å². The van der Waals surface area contributed by atoms with Crippen molar-refractivity contribution >= 4 is 6.03 Å². The first-order chi connectivity index (χ1) is 10.1. The molecule has 0 spiro atoms. The molecule has 21 heavy (non-hydrogen) atoms. The standard InChI is InChI=1S/C12H12F2N5O2/c13-9-5-10(14)7-11(6-9)18-8-19(16-15-18)12(20)17-1-3-21-4-2-17/h5-8H,1-4H2/q+1. The molecule has 1 fully saturated rings. The van der Waals surface area contributed by atoms with Gasteiger partial charge in [0.05, 0.1) is 13.2 Å². The number of nitrogens with zero attached hydrogens (tertiary/aromatic N) is 5. The van der Waals surface area contributed by atoms with Crippen molar-refractivity contribution in [1.82, 2.24) is 20.0 Å². The van der Waals surface area contributed by atoms with Gasteiger partial charge in [0.2, 0.25) is 0 Å². The van der Waals surface area contributed by atoms with Crippen LogP contribution in [0.5, 0.6) is 0 Å². The van der Waals surface area contributed by atoms with Crippen LogP contribution >= 0.6 is 0 Å². The molecule has 1 saturated heterocycles. The van der Waals surface area contributed by atoms with E-state index in [1.807, 2.05) is 0 Å². The summed E-state index contributed by atoms with van der Waals surface area (Å²) < 4.78 is 33.7. The van der Waals surface area contributed by atoms with Crippen LogP contribution in [0.4, 0.5) is 13.6 Å². The van der Waals surface area contributed by atoms with Crippen LogP contribution in [0, 0.1) is 11.6 Å². The third-order valence-corrected chi connectivity index (χ3v) is 3.04. The van der Waals surface area contributed by atoms with Crippen LogP contribution in [0.25, 0.3) is 5.69 Å². The average molecular weight is 296 g/mol. The number of carbonyl (C=O) groups excluding carboxylic acids is 1. The van der Waals surface area contributed by atoms with E-state index in [4.69, 9.17) is 4.74 Å². The van der Waals surface area contributed by atoms with Gasteiger partial charge in [-0.05, 0) is 4.68 Å². The number of amides is 1. The van der Waals surface area contributed by atoms with Gasteiger partial charge in [0.15, 0.2) is 5.21 Å². The molecule has 0 bridgehead atoms. The van der Waals surface area contributed by atoms with E-state index in [2.05, 4.69) is 10.4 Å². The van der Waals surface area contributed by atoms with Gasteiger partial charge in [-0.2, -0.15) is 0 Å². The lowest BCUT2D eigenvalue weighted by atomic mass is 10.3. The summed E-state index contributed by atoms with van der Waals surface area (Å²) in [5, 5.41) is 7.38. The number of hydrogen-bond donors (Lipinski definition) is 0. The van der Waals surface area contributed by atoms with Crippen molar-refractivity contribution in [3.8, 4) is 5.69 Å². The molecule has 0 N–H and O–H groups in total. The number of carbonyl (C=O) groups is 1. The van der Waals surface area contributed by atoms with Crippen LogP contribution in [0.3, 0.4) is 0 Å². The Morgan fingerprint density at radius 2 is 1.86 bits per heavy atom. The second-order valence-corrected chi connectivity index (χ2v) is 4.49. The first-order valence-corrected chi connectivity index (χ1v) is 6.31. The minimum Gasteiger partial charge on any atom is -0.378 e. The summed E-state index contributed by atoms with van der Waals surface area (Å²) in [6.07, 6.45) is 1.27. The van der Waals surface area contributed by atoms with E-state index in [9.17, 15) is 13.6 Å². The van der Waals surface area contributed by atoms with E-state index >= 15 is 0 Å². The number of rotatable bonds is 1. The van der Waals surface area contributed by atoms with Crippen LogP contribution in [0.15, 0.2) is 24.5 Å². The van der Waals surface area contributed by atoms with Crippen molar-refractivity contribution in [2.24, 2.45) is 0 Å². The van der Waals surface area contributed by atoms with Gasteiger partial charge < -0.3 is 9.64 Å². The fraction of sp³-hybridized carbons (Fsp3) is 0.333. The van der Waals surface area contributed by atoms with Gasteiger partial charge in [-0.15, -0.1) is 4.68 Å². The highest BCUT2D eigenvalue weighted by Gasteiger charge is 2.26. The van der Waals surface area contributed by atoms with Gasteiger partial charge >= 0.3 is 6.03 Å². The largest absolute Gasteiger partial charge is 0.420 e. The molecule has 0 saturated carbocycles. The lowest BCUT2D eigenvalue weighted by molar-refractivity contribution is -0.660. The molecule has 2 aromatic rings. The van der Waals surface area contributed by atoms with Crippen molar-refractivity contribution in [3.63, 3.8) is 0 Å². The molecule has 0 atom stereocenters. The Hall–Kier alpha value is -2.42. The summed E-state index contributed by atoms with van der Waals surface area (Å²) in [5.41, 5.74) is 0.147. The Balaban J connectivity index is 1.84. The van der Waals surface area contributed by atoms with E-state index in [0.717, 1.165) is 27.6 Å². The number of morpholine rings is 1. The maximum atomic E-state index is 13.2. The van der Waals surface area contributed by atoms with Crippen molar-refractivity contribution in [1.29, 1.82) is 0 Å². The number of benzene rings is 1. The Morgan fingerprint density at radius 3 is 2.52 bits per heavy atom. The average Bonchev–Trinajstić information content (AvgIpc) is 2.96. The molecule has 1 aromatic carbocycles. The van der Waals surface area contributed by atoms with Crippen LogP contribution in [-0.4, -0.2) is 52.3 Å². The molecule has 7 nitrogen and oxygen atoms in total. The molecule has 3 rings (SSSR count). The molecule has 1 aromatic heterocycles. The summed E-state index contributed by atoms with van der Waals surface area (Å²) in [6, 6.07) is 2.59. The summed E-state index contributed by atoms with van der Waals surface area (Å²) in [4.78, 5) is 13.7. The van der Waals surface area contributed by atoms with Gasteiger partial charge in [-0.1, -0.05) is 0 Å². The number of tetrazole rings is 1. The molecular weight excluding hydrogens is 284 g/mol. The molecule has 9 heteroatoms. The lowest BCUT2D eigenvalue weighted by Crippen LogP contribution is -2.43. The molecule has 0 unspecified atom stereocenters. The Labute approximate surface area is 118 Å². The fourth-order valence-electron chi connectivity index (χ4n) is 2.01. The van der Waals surface area contributed by atoms with Gasteiger partial charge in [0.25, 0.3) is 6.33 Å². The van der Waals surface area contributed by atoms with E-state index in [0.29, 0.717) is 26.3 Å². The summed E-state index contributed by atoms with van der Waals surface area (Å²) in [6.45, 7) is 1.87. The predicted octanol–water partition coefficient (Wildman–Crippen LogP) is 0.133. The number of aromatic nitrogens is 4. The monoisotopic (exact) mass is 296 g/mol. The smallest absolute Gasteiger partial charge is 0.378 e. The summed E-state index contributed by atoms with van der Waals surface area (Å²) in [5.74, 6) is -1.46. The van der Waals surface area contributed by atoms with Crippen LogP contribution in [0.2, 0.25) is 0 Å². The van der Waals surface area contributed by atoms with Crippen LogP contribution in [-0.2, 0) is 4.74 Å². The van der Waals surface area contributed by atoms with E-state index in [-0.39, 0.29) is 11.7 Å². The number of hydrogen-bond acceptors (Lipinski definition) is 4. The minimum atomic E-state index is -0.730. The summed E-state index contributed by atoms with van der Waals surface area (Å²) >= 11 is 0. The topological polar surface area (TPSA) is 64.1 Å². The maximum Gasteiger partial charge on any atom is 0.420 e. The molecule has 0 radical (unpaired) electrons. The van der Waals surface area contributed by atoms with Crippen molar-refractivity contribution in [3.05, 3.63) is 36.2 Å². The second kappa shape index (κ2) is 5.52. The first kappa shape index (κ1) is 13.6. The Bertz CT molecular complexity index is 649. The van der Waals surface area contributed by atoms with E-state index in [1.54, 1.807) is 4.90 Å². The molecule has 110 valence electrons. The third kappa shape index (κ3) is 2.87. The van der Waals surface area contributed by atoms with Crippen molar-refractivity contribution in [2.45, 2.75) is 0 Å². The molecule has 1 aliphatic heterocycles. The normalized spacial score (nSPS) is 15.2. The minimum absolute atomic E-state index is 0.147. The fourth-order valence-corrected chi connectivity index (χ4v) is 2.01. The van der Waals surface area contributed by atoms with Gasteiger partial charge in [-0.25, -0.2) is 13.6 Å². The third-order valence-electron chi connectivity index (χ3n) is 3.04. The van der Waals surface area contributed by atoms with Crippen LogP contribution in [0.1, 0.15) is 0 Å². The summed E-state index contributed by atoms with van der Waals surface area (Å²) in [7, 11) is 0. The molecule has 0 aliphatic carbocycles. The molecule has 2 heterocycles. The molecule has 1 amide bonds. The lowest BCUT2D eigenvalue weighted by Gasteiger charge is -2.23. The number of halogens is 2. The second-order valence-electron chi connectivity index (χ2n) is 4.49. The van der Waals surface area contributed by atoms with E-state index < -0.39 is 11.6 Å². The van der Waals surface area contributed by atoms with Gasteiger partial charge in [0.1, 0.15) is 22.5 Å². The first-order valence-electron chi connectivity index (χ1n) is 6.31. The number of ether oxygens (including phenoxy) is 1. The zero-order valence-electron chi connectivity index (χ0n) is 10.9. The Morgan fingerprint density at radius 1 is 1.19 bits per heavy atom. The predicted molar refractivity (Wildman–Crippen MR) is 64.7 cm³/mol. The zero-order valence-corrected chi connectivity index (χ0v) is 10.9. The van der Waals surface area contributed by atoms with Gasteiger partial charge in [0, 0.05) is 31.3 Å². The molecular formula is C12H12F2N5O2+. The van der Waals surface area contributed by atoms with Crippen molar-refractivity contribution < 1.29 is 23.0 Å². The van der Waals surface area contributed by atoms with Crippen molar-refractivity contribution in [2.75, 3.05) is 26.3 Å². The highest BCUT2D eigenvalue weighted by Crippen LogP contribution is 2.07. The quantitative estimate of drug-likeness (QED) is 0.554. The SMILES string of the molecule is O=C(N1CCOCC1)n1c[n+](-c2cc(F)cc(F)c2)nn1.